The summed E-state index contributed by atoms with van der Waals surface area (Å²) in [7, 11) is 0. The van der Waals surface area contributed by atoms with E-state index in [4.69, 9.17) is 10.00 Å². The molecule has 1 aromatic heterocycles. The van der Waals surface area contributed by atoms with Crippen LogP contribution in [0.3, 0.4) is 0 Å². The Labute approximate surface area is 172 Å². The molecule has 1 aliphatic heterocycles. The fourth-order valence-electron chi connectivity index (χ4n) is 3.27. The second-order valence-corrected chi connectivity index (χ2v) is 7.62. The fraction of sp³-hybridized carbons (Fsp3) is 0.429. The van der Waals surface area contributed by atoms with Crippen molar-refractivity contribution >= 4 is 22.7 Å². The van der Waals surface area contributed by atoms with Gasteiger partial charge in [0.25, 0.3) is 11.8 Å². The van der Waals surface area contributed by atoms with E-state index in [1.807, 2.05) is 13.8 Å². The summed E-state index contributed by atoms with van der Waals surface area (Å²) in [6.07, 6.45) is 0.769. The van der Waals surface area contributed by atoms with Crippen molar-refractivity contribution < 1.29 is 23.1 Å². The van der Waals surface area contributed by atoms with Crippen LogP contribution in [0, 0.1) is 17.2 Å². The first kappa shape index (κ1) is 21.4. The van der Waals surface area contributed by atoms with Gasteiger partial charge in [-0.2, -0.15) is 5.26 Å². The van der Waals surface area contributed by atoms with Crippen LogP contribution in [0.4, 0.5) is 8.78 Å². The quantitative estimate of drug-likeness (QED) is 0.781. The maximum absolute atomic E-state index is 13.5. The van der Waals surface area contributed by atoms with Gasteiger partial charge >= 0.3 is 0 Å². The van der Waals surface area contributed by atoms with Crippen molar-refractivity contribution in [1.82, 2.24) is 15.2 Å². The number of carbonyl (C=O) groups is 2. The number of nitriles is 1. The smallest absolute Gasteiger partial charge is 0.268 e. The van der Waals surface area contributed by atoms with E-state index >= 15 is 0 Å². The summed E-state index contributed by atoms with van der Waals surface area (Å²) in [5, 5.41) is 12.0. The molecule has 30 heavy (non-hydrogen) atoms. The number of likely N-dealkylation sites (tertiary alicyclic amines) is 1. The molecule has 1 atom stereocenters. The molecule has 158 valence electrons. The van der Waals surface area contributed by atoms with Gasteiger partial charge in [-0.3, -0.25) is 14.6 Å². The summed E-state index contributed by atoms with van der Waals surface area (Å²) in [6, 6.07) is 7.24. The molecule has 1 aliphatic rings. The van der Waals surface area contributed by atoms with Gasteiger partial charge in [-0.25, -0.2) is 8.78 Å². The van der Waals surface area contributed by atoms with E-state index < -0.39 is 43.3 Å². The van der Waals surface area contributed by atoms with Crippen LogP contribution < -0.4 is 10.1 Å². The van der Waals surface area contributed by atoms with E-state index in [1.165, 1.54) is 12.3 Å². The molecular weight excluding hydrogens is 394 g/mol. The molecule has 9 heteroatoms. The predicted molar refractivity (Wildman–Crippen MR) is 105 cm³/mol. The zero-order chi connectivity index (χ0) is 21.9. The number of hydrogen-bond donors (Lipinski definition) is 1. The van der Waals surface area contributed by atoms with Crippen LogP contribution >= 0.6 is 0 Å². The van der Waals surface area contributed by atoms with E-state index in [-0.39, 0.29) is 5.56 Å². The normalized spacial score (nSPS) is 17.7. The second-order valence-electron chi connectivity index (χ2n) is 7.62. The van der Waals surface area contributed by atoms with Gasteiger partial charge in [-0.1, -0.05) is 26.0 Å². The largest absolute Gasteiger partial charge is 0.491 e. The molecular formula is C21H22F2N4O3. The van der Waals surface area contributed by atoms with Gasteiger partial charge in [0.05, 0.1) is 31.3 Å². The number of nitrogens with zero attached hydrogens (tertiary/aromatic N) is 3. The molecule has 2 amide bonds. The molecule has 3 rings (SSSR count). The third-order valence-corrected chi connectivity index (χ3v) is 4.69. The summed E-state index contributed by atoms with van der Waals surface area (Å²) in [4.78, 5) is 30.1. The van der Waals surface area contributed by atoms with E-state index in [0.29, 0.717) is 29.2 Å². The van der Waals surface area contributed by atoms with Crippen molar-refractivity contribution in [2.24, 2.45) is 5.92 Å². The van der Waals surface area contributed by atoms with Gasteiger partial charge < -0.3 is 15.0 Å². The maximum Gasteiger partial charge on any atom is 0.268 e. The molecule has 1 unspecified atom stereocenters. The number of rotatable bonds is 6. The zero-order valence-electron chi connectivity index (χ0n) is 16.7. The highest BCUT2D eigenvalue weighted by Gasteiger charge is 2.47. The first-order valence-electron chi connectivity index (χ1n) is 9.57. The van der Waals surface area contributed by atoms with Crippen LogP contribution in [0.5, 0.6) is 5.75 Å². The van der Waals surface area contributed by atoms with Crippen LogP contribution in [0.2, 0.25) is 0 Å². The van der Waals surface area contributed by atoms with Crippen LogP contribution in [-0.4, -0.2) is 53.4 Å². The minimum Gasteiger partial charge on any atom is -0.491 e. The lowest BCUT2D eigenvalue weighted by atomic mass is 10.1. The molecule has 0 saturated carbocycles. The van der Waals surface area contributed by atoms with Crippen molar-refractivity contribution in [2.45, 2.75) is 32.2 Å². The summed E-state index contributed by atoms with van der Waals surface area (Å²) >= 11 is 0. The average molecular weight is 416 g/mol. The number of para-hydroxylation sites is 1. The fourth-order valence-corrected chi connectivity index (χ4v) is 3.27. The van der Waals surface area contributed by atoms with Gasteiger partial charge in [-0.05, 0) is 18.1 Å². The first-order chi connectivity index (χ1) is 14.2. The molecule has 7 nitrogen and oxygen atoms in total. The molecule has 0 bridgehead atoms. The van der Waals surface area contributed by atoms with Gasteiger partial charge in [0.2, 0.25) is 5.91 Å². The summed E-state index contributed by atoms with van der Waals surface area (Å²) < 4.78 is 32.8. The molecule has 1 N–H and O–H groups in total. The highest BCUT2D eigenvalue weighted by atomic mass is 19.3. The minimum absolute atomic E-state index is 0.284. The van der Waals surface area contributed by atoms with Crippen LogP contribution in [0.25, 0.3) is 10.9 Å². The molecule has 1 aromatic carbocycles. The van der Waals surface area contributed by atoms with Gasteiger partial charge in [0.1, 0.15) is 17.3 Å². The standard InChI is InChI=1S/C21H22F2N4O3/c1-13(2)11-30-17-5-3-4-15-16(6-7-25-19(15)17)20(29)26-10-18(28)27-12-21(22,23)8-14(27)9-24/h3-7,13-14H,8,10-12H2,1-2H3,(H,26,29). The summed E-state index contributed by atoms with van der Waals surface area (Å²) in [6.45, 7) is 3.21. The number of carbonyl (C=O) groups excluding carboxylic acids is 2. The maximum atomic E-state index is 13.5. The Balaban J connectivity index is 1.74. The molecule has 0 aliphatic carbocycles. The SMILES string of the molecule is CC(C)COc1cccc2c(C(=O)NCC(=O)N3CC(F)(F)CC3C#N)ccnc12. The molecule has 1 saturated heterocycles. The first-order valence-corrected chi connectivity index (χ1v) is 9.57. The van der Waals surface area contributed by atoms with E-state index in [0.717, 1.165) is 4.90 Å². The number of fused-ring (bicyclic) bond motifs is 1. The highest BCUT2D eigenvalue weighted by molar-refractivity contribution is 6.07. The molecule has 1 fully saturated rings. The number of hydrogen-bond acceptors (Lipinski definition) is 5. The number of alkyl halides is 2. The highest BCUT2D eigenvalue weighted by Crippen LogP contribution is 2.31. The number of nitrogens with one attached hydrogen (secondary N) is 1. The number of halogens is 2. The number of amides is 2. The minimum atomic E-state index is -3.10. The Kier molecular flexibility index (Phi) is 6.15. The average Bonchev–Trinajstić information content (AvgIpc) is 3.04. The van der Waals surface area contributed by atoms with Gasteiger partial charge in [0, 0.05) is 18.0 Å². The van der Waals surface area contributed by atoms with Crippen molar-refractivity contribution in [3.05, 3.63) is 36.0 Å². The van der Waals surface area contributed by atoms with E-state index in [1.54, 1.807) is 24.3 Å². The van der Waals surface area contributed by atoms with Gasteiger partial charge in [0.15, 0.2) is 0 Å². The molecule has 0 radical (unpaired) electrons. The Morgan fingerprint density at radius 3 is 2.87 bits per heavy atom. The monoisotopic (exact) mass is 416 g/mol. The molecule has 2 aromatic rings. The third-order valence-electron chi connectivity index (χ3n) is 4.69. The number of pyridine rings is 1. The third kappa shape index (κ3) is 4.64. The van der Waals surface area contributed by atoms with Crippen molar-refractivity contribution in [1.29, 1.82) is 5.26 Å². The number of benzene rings is 1. The second kappa shape index (κ2) is 8.61. The Morgan fingerprint density at radius 2 is 2.17 bits per heavy atom. The lowest BCUT2D eigenvalue weighted by Crippen LogP contribution is -2.43. The van der Waals surface area contributed by atoms with Crippen molar-refractivity contribution in [3.8, 4) is 11.8 Å². The van der Waals surface area contributed by atoms with Gasteiger partial charge in [-0.15, -0.1) is 0 Å². The Hall–Kier alpha value is -3.28. The molecule has 2 heterocycles. The van der Waals surface area contributed by atoms with Crippen LogP contribution in [-0.2, 0) is 4.79 Å². The summed E-state index contributed by atoms with van der Waals surface area (Å²) in [5.74, 6) is -3.52. The predicted octanol–water partition coefficient (Wildman–Crippen LogP) is 2.76. The van der Waals surface area contributed by atoms with Crippen LogP contribution in [0.1, 0.15) is 30.6 Å². The Bertz CT molecular complexity index is 1000. The van der Waals surface area contributed by atoms with Crippen LogP contribution in [0.15, 0.2) is 30.5 Å². The lowest BCUT2D eigenvalue weighted by molar-refractivity contribution is -0.131. The van der Waals surface area contributed by atoms with Crippen molar-refractivity contribution in [3.63, 3.8) is 0 Å². The lowest BCUT2D eigenvalue weighted by Gasteiger charge is -2.19. The number of aromatic nitrogens is 1. The van der Waals surface area contributed by atoms with E-state index in [9.17, 15) is 18.4 Å². The number of ether oxygens (including phenoxy) is 1. The topological polar surface area (TPSA) is 95.3 Å². The summed E-state index contributed by atoms with van der Waals surface area (Å²) in [5.41, 5.74) is 0.798. The van der Waals surface area contributed by atoms with E-state index in [2.05, 4.69) is 10.3 Å². The Morgan fingerprint density at radius 1 is 1.40 bits per heavy atom. The zero-order valence-corrected chi connectivity index (χ0v) is 16.7. The van der Waals surface area contributed by atoms with Crippen molar-refractivity contribution in [2.75, 3.05) is 19.7 Å². The molecule has 0 spiro atoms.